The normalized spacial score (nSPS) is 17.2. The van der Waals surface area contributed by atoms with Crippen LogP contribution >= 0.6 is 0 Å². The number of rotatable bonds is 9. The molecular weight excluding hydrogens is 468 g/mol. The Morgan fingerprint density at radius 2 is 1.97 bits per heavy atom. The van der Waals surface area contributed by atoms with Crippen molar-refractivity contribution < 1.29 is 29.2 Å². The quantitative estimate of drug-likeness (QED) is 0.134. The van der Waals surface area contributed by atoms with Gasteiger partial charge in [-0.25, -0.2) is 4.79 Å². The zero-order valence-corrected chi connectivity index (χ0v) is 21.0. The largest absolute Gasteiger partial charge is 0.507 e. The molecule has 1 fully saturated rings. The monoisotopic (exact) mass is 498 g/mol. The molecule has 1 aromatic heterocycles. The summed E-state index contributed by atoms with van der Waals surface area (Å²) in [7, 11) is 3.76. The molecule has 0 radical (unpaired) electrons. The summed E-state index contributed by atoms with van der Waals surface area (Å²) in [5.74, 6) is -2.77. The number of likely N-dealkylation sites (tertiary alicyclic amines) is 1. The molecule has 2 N–H and O–H groups in total. The standard InChI is InChI=1S/C25H30N4O7/c1-6-36-25(33)20-14(2)18(15(3)26-20)22(30)19-21(16-9-7-10-17(13-16)29(34)35)28(24(32)23(19)31)12-8-11-27(4)5/h7,9-10,13,21,26,30H,6,8,11-12H2,1-5H3/b22-19+/t21-/m0/s1. The number of carbonyl (C=O) groups is 3. The van der Waals surface area contributed by atoms with E-state index in [0.717, 1.165) is 0 Å². The summed E-state index contributed by atoms with van der Waals surface area (Å²) in [6.07, 6.45) is 0.542. The van der Waals surface area contributed by atoms with Crippen molar-refractivity contribution in [1.82, 2.24) is 14.8 Å². The van der Waals surface area contributed by atoms with Crippen molar-refractivity contribution in [2.75, 3.05) is 33.8 Å². The highest BCUT2D eigenvalue weighted by molar-refractivity contribution is 6.46. The van der Waals surface area contributed by atoms with Crippen molar-refractivity contribution in [2.24, 2.45) is 0 Å². The number of Topliss-reactive ketones (excluding diaryl/α,β-unsaturated/α-hetero) is 1. The van der Waals surface area contributed by atoms with Gasteiger partial charge in [0.15, 0.2) is 0 Å². The Morgan fingerprint density at radius 1 is 1.28 bits per heavy atom. The van der Waals surface area contributed by atoms with E-state index in [2.05, 4.69) is 4.98 Å². The first kappa shape index (κ1) is 26.6. The van der Waals surface area contributed by atoms with Crippen molar-refractivity contribution in [3.05, 3.63) is 68.0 Å². The van der Waals surface area contributed by atoms with Gasteiger partial charge in [0.25, 0.3) is 17.4 Å². The number of aromatic amines is 1. The van der Waals surface area contributed by atoms with Gasteiger partial charge in [0, 0.05) is 29.9 Å². The fourth-order valence-electron chi connectivity index (χ4n) is 4.47. The minimum Gasteiger partial charge on any atom is -0.507 e. The van der Waals surface area contributed by atoms with Crippen LogP contribution in [0.3, 0.4) is 0 Å². The lowest BCUT2D eigenvalue weighted by atomic mass is 9.93. The first-order valence-corrected chi connectivity index (χ1v) is 11.5. The third kappa shape index (κ3) is 5.01. The second-order valence-corrected chi connectivity index (χ2v) is 8.85. The molecule has 0 unspecified atom stereocenters. The number of H-pyrrole nitrogens is 1. The van der Waals surface area contributed by atoms with Crippen LogP contribution in [0.2, 0.25) is 0 Å². The van der Waals surface area contributed by atoms with E-state index < -0.39 is 34.4 Å². The number of nitrogens with one attached hydrogen (secondary N) is 1. The molecule has 1 aliphatic rings. The molecule has 0 saturated carbocycles. The van der Waals surface area contributed by atoms with E-state index in [-0.39, 0.29) is 35.7 Å². The summed E-state index contributed by atoms with van der Waals surface area (Å²) >= 11 is 0. The second-order valence-electron chi connectivity index (χ2n) is 8.85. The average molecular weight is 499 g/mol. The van der Waals surface area contributed by atoms with E-state index in [4.69, 9.17) is 4.74 Å². The Balaban J connectivity index is 2.20. The highest BCUT2D eigenvalue weighted by atomic mass is 16.6. The van der Waals surface area contributed by atoms with Gasteiger partial charge in [-0.3, -0.25) is 19.7 Å². The molecule has 3 rings (SSSR count). The van der Waals surface area contributed by atoms with Crippen molar-refractivity contribution in [3.8, 4) is 0 Å². The number of amides is 1. The molecular formula is C25H30N4O7. The van der Waals surface area contributed by atoms with E-state index in [9.17, 15) is 29.6 Å². The fourth-order valence-corrected chi connectivity index (χ4v) is 4.47. The van der Waals surface area contributed by atoms with Gasteiger partial charge in [-0.2, -0.15) is 0 Å². The molecule has 1 aromatic carbocycles. The summed E-state index contributed by atoms with van der Waals surface area (Å²) in [6.45, 7) is 5.89. The number of nitro benzene ring substituents is 1. The van der Waals surface area contributed by atoms with Crippen LogP contribution in [0, 0.1) is 24.0 Å². The summed E-state index contributed by atoms with van der Waals surface area (Å²) in [5.41, 5.74) is 1.04. The van der Waals surface area contributed by atoms with Gasteiger partial charge in [0.1, 0.15) is 11.5 Å². The smallest absolute Gasteiger partial charge is 0.355 e. The van der Waals surface area contributed by atoms with Crippen LogP contribution in [0.4, 0.5) is 5.69 Å². The van der Waals surface area contributed by atoms with Crippen LogP contribution in [0.5, 0.6) is 0 Å². The molecule has 1 amide bonds. The van der Waals surface area contributed by atoms with Gasteiger partial charge in [-0.1, -0.05) is 12.1 Å². The molecule has 11 nitrogen and oxygen atoms in total. The number of aliphatic hydroxyl groups is 1. The summed E-state index contributed by atoms with van der Waals surface area (Å²) in [6, 6.07) is 4.62. The molecule has 2 aromatic rings. The molecule has 2 heterocycles. The van der Waals surface area contributed by atoms with Crippen molar-refractivity contribution >= 4 is 29.1 Å². The number of hydrogen-bond donors (Lipinski definition) is 2. The number of nitro groups is 1. The van der Waals surface area contributed by atoms with Crippen LogP contribution in [-0.4, -0.2) is 76.3 Å². The highest BCUT2D eigenvalue weighted by Crippen LogP contribution is 2.41. The van der Waals surface area contributed by atoms with E-state index in [1.807, 2.05) is 19.0 Å². The van der Waals surface area contributed by atoms with Crippen LogP contribution in [0.15, 0.2) is 29.8 Å². The lowest BCUT2D eigenvalue weighted by Crippen LogP contribution is -2.32. The molecule has 0 aliphatic carbocycles. The number of benzene rings is 1. The summed E-state index contributed by atoms with van der Waals surface area (Å²) < 4.78 is 5.06. The molecule has 192 valence electrons. The number of esters is 1. The number of aryl methyl sites for hydroxylation is 1. The fraction of sp³-hybridized carbons (Fsp3) is 0.400. The third-order valence-corrected chi connectivity index (χ3v) is 6.09. The molecule has 1 atom stereocenters. The van der Waals surface area contributed by atoms with Gasteiger partial charge in [-0.05, 0) is 59.0 Å². The maximum Gasteiger partial charge on any atom is 0.355 e. The predicted molar refractivity (Wildman–Crippen MR) is 132 cm³/mol. The lowest BCUT2D eigenvalue weighted by Gasteiger charge is -2.26. The van der Waals surface area contributed by atoms with Gasteiger partial charge < -0.3 is 24.6 Å². The lowest BCUT2D eigenvalue weighted by molar-refractivity contribution is -0.384. The van der Waals surface area contributed by atoms with Crippen molar-refractivity contribution in [2.45, 2.75) is 33.2 Å². The zero-order valence-electron chi connectivity index (χ0n) is 21.0. The van der Waals surface area contributed by atoms with Crippen molar-refractivity contribution in [1.29, 1.82) is 0 Å². The SMILES string of the molecule is CCOC(=O)c1[nH]c(C)c(/C(O)=C2\C(=O)C(=O)N(CCCN(C)C)[C@H]2c2cccc([N+](=O)[O-])c2)c1C. The maximum atomic E-state index is 13.2. The molecule has 0 spiro atoms. The van der Waals surface area contributed by atoms with Gasteiger partial charge >= 0.3 is 5.97 Å². The van der Waals surface area contributed by atoms with E-state index in [0.29, 0.717) is 29.8 Å². The number of carbonyl (C=O) groups excluding carboxylic acids is 3. The third-order valence-electron chi connectivity index (χ3n) is 6.09. The topological polar surface area (TPSA) is 146 Å². The number of aromatic nitrogens is 1. The number of ketones is 1. The molecule has 0 bridgehead atoms. The van der Waals surface area contributed by atoms with Crippen LogP contribution < -0.4 is 0 Å². The summed E-state index contributed by atoms with van der Waals surface area (Å²) in [4.78, 5) is 55.7. The Morgan fingerprint density at radius 3 is 2.58 bits per heavy atom. The number of aliphatic hydroxyl groups excluding tert-OH is 1. The minimum atomic E-state index is -1.04. The van der Waals surface area contributed by atoms with Crippen LogP contribution in [0.1, 0.15) is 52.3 Å². The molecule has 36 heavy (non-hydrogen) atoms. The average Bonchev–Trinajstić information content (AvgIpc) is 3.26. The Bertz CT molecular complexity index is 1250. The Hall–Kier alpha value is -3.99. The summed E-state index contributed by atoms with van der Waals surface area (Å²) in [5, 5.41) is 22.8. The van der Waals surface area contributed by atoms with Crippen LogP contribution in [0.25, 0.3) is 5.76 Å². The van der Waals surface area contributed by atoms with Crippen LogP contribution in [-0.2, 0) is 14.3 Å². The Labute approximate surface area is 208 Å². The number of ether oxygens (including phenoxy) is 1. The van der Waals surface area contributed by atoms with Gasteiger partial charge in [-0.15, -0.1) is 0 Å². The number of nitrogens with zero attached hydrogens (tertiary/aromatic N) is 3. The van der Waals surface area contributed by atoms with Gasteiger partial charge in [0.2, 0.25) is 0 Å². The van der Waals surface area contributed by atoms with Gasteiger partial charge in [0.05, 0.1) is 23.1 Å². The molecule has 11 heteroatoms. The van der Waals surface area contributed by atoms with E-state index in [1.54, 1.807) is 26.8 Å². The number of non-ortho nitro benzene ring substituents is 1. The van der Waals surface area contributed by atoms with Crippen molar-refractivity contribution in [3.63, 3.8) is 0 Å². The Kier molecular flexibility index (Phi) is 7.93. The second kappa shape index (κ2) is 10.7. The van der Waals surface area contributed by atoms with E-state index >= 15 is 0 Å². The first-order chi connectivity index (χ1) is 17.0. The van der Waals surface area contributed by atoms with E-state index in [1.165, 1.54) is 23.1 Å². The highest BCUT2D eigenvalue weighted by Gasteiger charge is 2.46. The zero-order chi connectivity index (χ0) is 26.7. The minimum absolute atomic E-state index is 0.128. The molecule has 1 saturated heterocycles. The number of hydrogen-bond acceptors (Lipinski definition) is 8. The first-order valence-electron chi connectivity index (χ1n) is 11.5. The molecule has 1 aliphatic heterocycles. The maximum absolute atomic E-state index is 13.2. The predicted octanol–water partition coefficient (Wildman–Crippen LogP) is 3.09.